The molecule has 1 heterocycles. The Morgan fingerprint density at radius 1 is 1.16 bits per heavy atom. The van der Waals surface area contributed by atoms with Gasteiger partial charge in [-0.05, 0) is 55.1 Å². The van der Waals surface area contributed by atoms with Crippen molar-refractivity contribution in [3.8, 4) is 17.0 Å². The molecule has 0 spiro atoms. The van der Waals surface area contributed by atoms with Gasteiger partial charge >= 0.3 is 0 Å². The van der Waals surface area contributed by atoms with Crippen LogP contribution in [0.15, 0.2) is 65.7 Å². The SMILES string of the molecule is CCOc1ccc(-c2cc(N=C(Nc3ccccc3)SC)n[nH]2)cc1. The molecule has 0 saturated carbocycles. The molecule has 0 saturated heterocycles. The lowest BCUT2D eigenvalue weighted by Gasteiger charge is -2.06. The van der Waals surface area contributed by atoms with Crippen LogP contribution in [-0.4, -0.2) is 28.2 Å². The number of aromatic nitrogens is 2. The molecule has 25 heavy (non-hydrogen) atoms. The van der Waals surface area contributed by atoms with Gasteiger partial charge in [0.05, 0.1) is 12.3 Å². The van der Waals surface area contributed by atoms with Crippen LogP contribution in [0.2, 0.25) is 0 Å². The minimum Gasteiger partial charge on any atom is -0.494 e. The maximum atomic E-state index is 5.47. The Hall–Kier alpha value is -2.73. The van der Waals surface area contributed by atoms with Crippen LogP contribution in [0.25, 0.3) is 11.3 Å². The second-order valence-electron chi connectivity index (χ2n) is 5.21. The van der Waals surface area contributed by atoms with Crippen LogP contribution >= 0.6 is 11.8 Å². The number of ether oxygens (including phenoxy) is 1. The molecule has 0 aliphatic heterocycles. The fraction of sp³-hybridized carbons (Fsp3) is 0.158. The molecule has 128 valence electrons. The van der Waals surface area contributed by atoms with Gasteiger partial charge in [-0.1, -0.05) is 30.0 Å². The van der Waals surface area contributed by atoms with Crippen molar-refractivity contribution in [3.63, 3.8) is 0 Å². The van der Waals surface area contributed by atoms with Crippen LogP contribution in [0, 0.1) is 0 Å². The maximum Gasteiger partial charge on any atom is 0.176 e. The van der Waals surface area contributed by atoms with Crippen molar-refractivity contribution in [1.29, 1.82) is 0 Å². The predicted octanol–water partition coefficient (Wildman–Crippen LogP) is 4.94. The largest absolute Gasteiger partial charge is 0.494 e. The van der Waals surface area contributed by atoms with E-state index in [1.165, 1.54) is 0 Å². The Morgan fingerprint density at radius 2 is 1.92 bits per heavy atom. The van der Waals surface area contributed by atoms with Gasteiger partial charge in [0.15, 0.2) is 11.0 Å². The summed E-state index contributed by atoms with van der Waals surface area (Å²) in [6.07, 6.45) is 1.98. The summed E-state index contributed by atoms with van der Waals surface area (Å²) in [5.41, 5.74) is 2.96. The number of H-pyrrole nitrogens is 1. The molecule has 0 fully saturated rings. The number of para-hydroxylation sites is 1. The average Bonchev–Trinajstić information content (AvgIpc) is 3.11. The van der Waals surface area contributed by atoms with E-state index in [1.807, 2.05) is 73.8 Å². The number of nitrogens with zero attached hydrogens (tertiary/aromatic N) is 2. The van der Waals surface area contributed by atoms with E-state index in [0.717, 1.165) is 27.9 Å². The van der Waals surface area contributed by atoms with Gasteiger partial charge in [-0.25, -0.2) is 4.99 Å². The maximum absolute atomic E-state index is 5.47. The monoisotopic (exact) mass is 352 g/mol. The summed E-state index contributed by atoms with van der Waals surface area (Å²) in [4.78, 5) is 4.57. The number of nitrogens with one attached hydrogen (secondary N) is 2. The summed E-state index contributed by atoms with van der Waals surface area (Å²) in [6, 6.07) is 19.8. The van der Waals surface area contributed by atoms with Crippen LogP contribution in [-0.2, 0) is 0 Å². The van der Waals surface area contributed by atoms with Crippen LogP contribution in [0.5, 0.6) is 5.75 Å². The van der Waals surface area contributed by atoms with E-state index in [9.17, 15) is 0 Å². The zero-order valence-electron chi connectivity index (χ0n) is 14.2. The van der Waals surface area contributed by atoms with Crippen LogP contribution in [0.1, 0.15) is 6.92 Å². The van der Waals surface area contributed by atoms with Crippen molar-refractivity contribution in [3.05, 3.63) is 60.7 Å². The summed E-state index contributed by atoms with van der Waals surface area (Å²) in [7, 11) is 0. The number of benzene rings is 2. The van der Waals surface area contributed by atoms with Gasteiger partial charge in [0.1, 0.15) is 5.75 Å². The number of anilines is 1. The molecule has 3 aromatic rings. The number of aliphatic imine (C=N–C) groups is 1. The Morgan fingerprint density at radius 3 is 2.60 bits per heavy atom. The van der Waals surface area contributed by atoms with Gasteiger partial charge in [-0.15, -0.1) is 0 Å². The molecule has 0 aliphatic rings. The molecule has 0 aliphatic carbocycles. The second kappa shape index (κ2) is 8.39. The molecule has 2 N–H and O–H groups in total. The average molecular weight is 352 g/mol. The zero-order valence-corrected chi connectivity index (χ0v) is 15.0. The van der Waals surface area contributed by atoms with Crippen LogP contribution < -0.4 is 10.1 Å². The molecular formula is C19H20N4OS. The Bertz CT molecular complexity index is 828. The van der Waals surface area contributed by atoms with Crippen LogP contribution in [0.4, 0.5) is 11.5 Å². The predicted molar refractivity (Wildman–Crippen MR) is 106 cm³/mol. The third kappa shape index (κ3) is 4.64. The number of amidine groups is 1. The van der Waals surface area contributed by atoms with Crippen molar-refractivity contribution in [2.24, 2.45) is 4.99 Å². The molecule has 2 aromatic carbocycles. The van der Waals surface area contributed by atoms with Gasteiger partial charge in [0.2, 0.25) is 0 Å². The highest BCUT2D eigenvalue weighted by Gasteiger charge is 2.05. The first-order valence-electron chi connectivity index (χ1n) is 8.02. The molecule has 3 rings (SSSR count). The Labute approximate surface area is 151 Å². The molecule has 0 atom stereocenters. The molecular weight excluding hydrogens is 332 g/mol. The lowest BCUT2D eigenvalue weighted by atomic mass is 10.1. The van der Waals surface area contributed by atoms with Gasteiger partial charge < -0.3 is 10.1 Å². The molecule has 1 aromatic heterocycles. The minimum atomic E-state index is 0.636. The van der Waals surface area contributed by atoms with E-state index in [-0.39, 0.29) is 0 Å². The van der Waals surface area contributed by atoms with Crippen molar-refractivity contribution in [2.75, 3.05) is 18.2 Å². The fourth-order valence-electron chi connectivity index (χ4n) is 2.29. The highest BCUT2D eigenvalue weighted by atomic mass is 32.2. The Balaban J connectivity index is 1.75. The van der Waals surface area contributed by atoms with Crippen LogP contribution in [0.3, 0.4) is 0 Å². The number of rotatable bonds is 5. The topological polar surface area (TPSA) is 62.3 Å². The van der Waals surface area contributed by atoms with Crippen molar-refractivity contribution in [1.82, 2.24) is 10.2 Å². The zero-order chi connectivity index (χ0) is 17.5. The van der Waals surface area contributed by atoms with Crippen molar-refractivity contribution >= 4 is 28.4 Å². The quantitative estimate of drug-likeness (QED) is 0.504. The van der Waals surface area contributed by atoms with Crippen molar-refractivity contribution < 1.29 is 4.74 Å². The van der Waals surface area contributed by atoms with Gasteiger partial charge in [-0.3, -0.25) is 5.10 Å². The first-order valence-corrected chi connectivity index (χ1v) is 9.24. The molecule has 6 heteroatoms. The molecule has 0 bridgehead atoms. The van der Waals surface area contributed by atoms with E-state index in [1.54, 1.807) is 11.8 Å². The number of thioether (sulfide) groups is 1. The highest BCUT2D eigenvalue weighted by molar-refractivity contribution is 8.13. The van der Waals surface area contributed by atoms with E-state index in [0.29, 0.717) is 12.4 Å². The third-order valence-electron chi connectivity index (χ3n) is 3.48. The van der Waals surface area contributed by atoms with E-state index >= 15 is 0 Å². The second-order valence-corrected chi connectivity index (χ2v) is 6.00. The molecule has 0 amide bonds. The van der Waals surface area contributed by atoms with Crippen molar-refractivity contribution in [2.45, 2.75) is 6.92 Å². The summed E-state index contributed by atoms with van der Waals surface area (Å²) in [5, 5.41) is 11.4. The fourth-order valence-corrected chi connectivity index (χ4v) is 2.69. The summed E-state index contributed by atoms with van der Waals surface area (Å²) >= 11 is 1.54. The normalized spacial score (nSPS) is 11.4. The lowest BCUT2D eigenvalue weighted by Crippen LogP contribution is -2.06. The molecule has 0 unspecified atom stereocenters. The smallest absolute Gasteiger partial charge is 0.176 e. The standard InChI is InChI=1S/C19H20N4OS/c1-3-24-16-11-9-14(10-12-16)17-13-18(23-22-17)21-19(25-2)20-15-7-5-4-6-8-15/h4-13H,3H2,1-2H3,(H2,20,21,22,23). The van der Waals surface area contributed by atoms with Gasteiger partial charge in [0, 0.05) is 11.8 Å². The highest BCUT2D eigenvalue weighted by Crippen LogP contribution is 2.24. The minimum absolute atomic E-state index is 0.636. The molecule has 5 nitrogen and oxygen atoms in total. The Kier molecular flexibility index (Phi) is 5.74. The lowest BCUT2D eigenvalue weighted by molar-refractivity contribution is 0.340. The van der Waals surface area contributed by atoms with Gasteiger partial charge in [0.25, 0.3) is 0 Å². The summed E-state index contributed by atoms with van der Waals surface area (Å²) in [5.74, 6) is 1.50. The molecule has 0 radical (unpaired) electrons. The first-order chi connectivity index (χ1) is 12.3. The number of aromatic amines is 1. The summed E-state index contributed by atoms with van der Waals surface area (Å²) in [6.45, 7) is 2.63. The number of hydrogen-bond acceptors (Lipinski definition) is 4. The summed E-state index contributed by atoms with van der Waals surface area (Å²) < 4.78 is 5.47. The van der Waals surface area contributed by atoms with E-state index in [4.69, 9.17) is 4.74 Å². The number of hydrogen-bond donors (Lipinski definition) is 2. The van der Waals surface area contributed by atoms with Gasteiger partial charge in [-0.2, -0.15) is 5.10 Å². The van der Waals surface area contributed by atoms with E-state index in [2.05, 4.69) is 20.5 Å². The van der Waals surface area contributed by atoms with E-state index < -0.39 is 0 Å². The first kappa shape index (κ1) is 17.1. The third-order valence-corrected chi connectivity index (χ3v) is 4.06.